The van der Waals surface area contributed by atoms with Gasteiger partial charge in [-0.3, -0.25) is 14.9 Å². The number of hydrogen-bond donors (Lipinski definition) is 0. The van der Waals surface area contributed by atoms with E-state index in [0.717, 1.165) is 12.1 Å². The summed E-state index contributed by atoms with van der Waals surface area (Å²) in [5, 5.41) is 10.7. The summed E-state index contributed by atoms with van der Waals surface area (Å²) in [6.07, 6.45) is 0.496. The molecule has 0 aromatic heterocycles. The molecule has 0 aliphatic heterocycles. The molecule has 0 saturated heterocycles. The molecule has 2 rings (SSSR count). The number of ether oxygens (including phenoxy) is 1. The summed E-state index contributed by atoms with van der Waals surface area (Å²) in [6.45, 7) is 0. The number of carbonyl (C=O) groups excluding carboxylic acids is 1. The zero-order chi connectivity index (χ0) is 15.6. The Balaban J connectivity index is 2.42. The average molecular weight is 419 g/mol. The molecule has 0 radical (unpaired) electrons. The van der Waals surface area contributed by atoms with Crippen molar-refractivity contribution in [1.29, 1.82) is 0 Å². The van der Waals surface area contributed by atoms with E-state index in [9.17, 15) is 19.3 Å². The zero-order valence-electron chi connectivity index (χ0n) is 10.2. The van der Waals surface area contributed by atoms with Crippen molar-refractivity contribution in [2.45, 2.75) is 0 Å². The van der Waals surface area contributed by atoms with E-state index >= 15 is 0 Å². The Labute approximate surface area is 135 Å². The normalized spacial score (nSPS) is 10.2. The highest BCUT2D eigenvalue weighted by Crippen LogP contribution is 2.39. The van der Waals surface area contributed by atoms with E-state index in [1.165, 1.54) is 18.2 Å². The minimum atomic E-state index is -0.622. The van der Waals surface area contributed by atoms with E-state index in [4.69, 9.17) is 4.74 Å². The molecule has 0 spiro atoms. The van der Waals surface area contributed by atoms with Crippen LogP contribution in [0.25, 0.3) is 0 Å². The fourth-order valence-electron chi connectivity index (χ4n) is 1.58. The number of carbonyl (C=O) groups is 1. The summed E-state index contributed by atoms with van der Waals surface area (Å²) in [6, 6.07) is 6.06. The highest BCUT2D eigenvalue weighted by Gasteiger charge is 2.16. The molecular formula is C13H6Br2FNO4. The second-order valence-electron chi connectivity index (χ2n) is 3.94. The van der Waals surface area contributed by atoms with Gasteiger partial charge < -0.3 is 4.74 Å². The molecule has 0 heterocycles. The lowest BCUT2D eigenvalue weighted by Gasteiger charge is -2.10. The molecule has 8 heteroatoms. The van der Waals surface area contributed by atoms with E-state index in [-0.39, 0.29) is 22.7 Å². The topological polar surface area (TPSA) is 69.4 Å². The predicted octanol–water partition coefficient (Wildman–Crippen LogP) is 4.86. The molecule has 2 aromatic rings. The Hall–Kier alpha value is -1.80. The predicted molar refractivity (Wildman–Crippen MR) is 80.4 cm³/mol. The molecular weight excluding hydrogens is 413 g/mol. The summed E-state index contributed by atoms with van der Waals surface area (Å²) in [5.41, 5.74) is -0.00641. The fourth-order valence-corrected chi connectivity index (χ4v) is 2.90. The van der Waals surface area contributed by atoms with E-state index in [1.807, 2.05) is 0 Å². The zero-order valence-corrected chi connectivity index (χ0v) is 13.4. The number of nitrogens with zero attached hydrogens (tertiary/aromatic N) is 1. The maximum absolute atomic E-state index is 13.3. The first-order valence-electron chi connectivity index (χ1n) is 5.48. The molecule has 0 aliphatic rings. The van der Waals surface area contributed by atoms with Crippen LogP contribution in [-0.4, -0.2) is 11.2 Å². The lowest BCUT2D eigenvalue weighted by atomic mass is 10.2. The van der Waals surface area contributed by atoms with Crippen LogP contribution in [0.5, 0.6) is 11.5 Å². The van der Waals surface area contributed by atoms with Gasteiger partial charge in [0.15, 0.2) is 5.75 Å². The molecule has 0 N–H and O–H groups in total. The second-order valence-corrected chi connectivity index (χ2v) is 5.64. The van der Waals surface area contributed by atoms with Gasteiger partial charge in [0.25, 0.3) is 5.69 Å². The van der Waals surface area contributed by atoms with Crippen molar-refractivity contribution in [1.82, 2.24) is 0 Å². The van der Waals surface area contributed by atoms with Gasteiger partial charge in [-0.15, -0.1) is 0 Å². The van der Waals surface area contributed by atoms with Crippen molar-refractivity contribution in [3.05, 3.63) is 60.8 Å². The number of rotatable bonds is 4. The Morgan fingerprint density at radius 1 is 1.14 bits per heavy atom. The van der Waals surface area contributed by atoms with Crippen LogP contribution in [0.15, 0.2) is 39.3 Å². The lowest BCUT2D eigenvalue weighted by Crippen LogP contribution is -1.93. The Morgan fingerprint density at radius 3 is 2.29 bits per heavy atom. The fraction of sp³-hybridized carbons (Fsp3) is 0. The van der Waals surface area contributed by atoms with Crippen molar-refractivity contribution in [2.75, 3.05) is 0 Å². The molecule has 108 valence electrons. The van der Waals surface area contributed by atoms with Crippen LogP contribution < -0.4 is 4.74 Å². The third kappa shape index (κ3) is 3.64. The monoisotopic (exact) mass is 417 g/mol. The maximum Gasteiger partial charge on any atom is 0.271 e. The largest absolute Gasteiger partial charge is 0.455 e. The molecule has 0 saturated carbocycles. The van der Waals surface area contributed by atoms with Crippen molar-refractivity contribution in [3.8, 4) is 11.5 Å². The Kier molecular flexibility index (Phi) is 4.69. The Bertz CT molecular complexity index is 713. The van der Waals surface area contributed by atoms with Gasteiger partial charge in [-0.25, -0.2) is 4.39 Å². The van der Waals surface area contributed by atoms with E-state index in [1.54, 1.807) is 0 Å². The number of benzene rings is 2. The summed E-state index contributed by atoms with van der Waals surface area (Å²) < 4.78 is 19.5. The minimum absolute atomic E-state index is 0.104. The van der Waals surface area contributed by atoms with E-state index < -0.39 is 10.7 Å². The third-order valence-electron chi connectivity index (χ3n) is 2.44. The summed E-state index contributed by atoms with van der Waals surface area (Å²) in [5.74, 6) is -0.279. The van der Waals surface area contributed by atoms with Crippen LogP contribution in [0.2, 0.25) is 0 Å². The van der Waals surface area contributed by atoms with Crippen molar-refractivity contribution < 1.29 is 18.8 Å². The van der Waals surface area contributed by atoms with Gasteiger partial charge in [-0.2, -0.15) is 0 Å². The minimum Gasteiger partial charge on any atom is -0.455 e. The standard InChI is InChI=1S/C13H6Br2FNO4/c14-11-4-9(17(19)20)5-12(15)13(11)21-10-2-7(6-18)1-8(16)3-10/h1-6H. The van der Waals surface area contributed by atoms with Crippen LogP contribution in [0.3, 0.4) is 0 Å². The number of nitro benzene ring substituents is 1. The van der Waals surface area contributed by atoms with Crippen molar-refractivity contribution in [2.24, 2.45) is 0 Å². The summed E-state index contributed by atoms with van der Waals surface area (Å²) in [7, 11) is 0. The SMILES string of the molecule is O=Cc1cc(F)cc(Oc2c(Br)cc([N+](=O)[O-])cc2Br)c1. The van der Waals surface area contributed by atoms with Crippen LogP contribution >= 0.6 is 31.9 Å². The average Bonchev–Trinajstić information content (AvgIpc) is 2.41. The van der Waals surface area contributed by atoms with E-state index in [0.29, 0.717) is 15.2 Å². The van der Waals surface area contributed by atoms with E-state index in [2.05, 4.69) is 31.9 Å². The number of hydrogen-bond acceptors (Lipinski definition) is 4. The highest BCUT2D eigenvalue weighted by molar-refractivity contribution is 9.11. The summed E-state index contributed by atoms with van der Waals surface area (Å²) >= 11 is 6.31. The molecule has 5 nitrogen and oxygen atoms in total. The molecule has 21 heavy (non-hydrogen) atoms. The quantitative estimate of drug-likeness (QED) is 0.403. The van der Waals surface area contributed by atoms with Gasteiger partial charge in [0.1, 0.15) is 17.9 Å². The third-order valence-corrected chi connectivity index (χ3v) is 3.62. The molecule has 0 unspecified atom stereocenters. The van der Waals surface area contributed by atoms with Crippen LogP contribution in [0.1, 0.15) is 10.4 Å². The number of halogens is 3. The molecule has 0 atom stereocenters. The highest BCUT2D eigenvalue weighted by atomic mass is 79.9. The molecule has 0 bridgehead atoms. The van der Waals surface area contributed by atoms with Crippen molar-refractivity contribution >= 4 is 43.8 Å². The molecule has 0 amide bonds. The van der Waals surface area contributed by atoms with Gasteiger partial charge in [0, 0.05) is 23.8 Å². The second kappa shape index (κ2) is 6.31. The number of nitro groups is 1. The van der Waals surface area contributed by atoms with Gasteiger partial charge in [0.2, 0.25) is 0 Å². The van der Waals surface area contributed by atoms with Gasteiger partial charge in [0.05, 0.1) is 13.9 Å². The number of aldehydes is 1. The summed E-state index contributed by atoms with van der Waals surface area (Å²) in [4.78, 5) is 20.9. The first-order chi connectivity index (χ1) is 9.90. The molecule has 2 aromatic carbocycles. The van der Waals surface area contributed by atoms with Gasteiger partial charge in [-0.05, 0) is 44.0 Å². The Morgan fingerprint density at radius 2 is 1.76 bits per heavy atom. The van der Waals surface area contributed by atoms with Crippen LogP contribution in [0, 0.1) is 15.9 Å². The van der Waals surface area contributed by atoms with Crippen LogP contribution in [-0.2, 0) is 0 Å². The first kappa shape index (κ1) is 15.6. The van der Waals surface area contributed by atoms with Gasteiger partial charge in [-0.1, -0.05) is 0 Å². The maximum atomic E-state index is 13.3. The first-order valence-corrected chi connectivity index (χ1v) is 7.06. The van der Waals surface area contributed by atoms with Crippen molar-refractivity contribution in [3.63, 3.8) is 0 Å². The van der Waals surface area contributed by atoms with Gasteiger partial charge >= 0.3 is 0 Å². The lowest BCUT2D eigenvalue weighted by molar-refractivity contribution is -0.385. The smallest absolute Gasteiger partial charge is 0.271 e. The molecule has 0 aliphatic carbocycles. The molecule has 0 fully saturated rings. The number of non-ortho nitro benzene ring substituents is 1. The van der Waals surface area contributed by atoms with Crippen LogP contribution in [0.4, 0.5) is 10.1 Å².